The summed E-state index contributed by atoms with van der Waals surface area (Å²) < 4.78 is 0. The number of nitrogens with two attached hydrogens (primary N) is 1. The van der Waals surface area contributed by atoms with Gasteiger partial charge in [0.1, 0.15) is 16.2 Å². The number of piperazine rings is 1. The number of hydrogen-bond acceptors (Lipinski definition) is 4. The van der Waals surface area contributed by atoms with Gasteiger partial charge in [-0.05, 0) is 26.0 Å². The van der Waals surface area contributed by atoms with Gasteiger partial charge in [0.05, 0.1) is 0 Å². The fraction of sp³-hybridized carbons (Fsp3) is 0.385. The van der Waals surface area contributed by atoms with Crippen molar-refractivity contribution in [3.05, 3.63) is 29.6 Å². The van der Waals surface area contributed by atoms with Crippen LogP contribution < -0.4 is 11.1 Å². The number of rotatable bonds is 2. The fourth-order valence-electron chi connectivity index (χ4n) is 2.06. The summed E-state index contributed by atoms with van der Waals surface area (Å²) >= 11 is 4.84. The van der Waals surface area contributed by atoms with Crippen LogP contribution in [0.2, 0.25) is 0 Å². The molecule has 0 radical (unpaired) electrons. The van der Waals surface area contributed by atoms with Crippen molar-refractivity contribution in [2.45, 2.75) is 19.4 Å². The van der Waals surface area contributed by atoms with Gasteiger partial charge in [-0.25, -0.2) is 0 Å². The van der Waals surface area contributed by atoms with E-state index in [4.69, 9.17) is 18.0 Å². The molecule has 2 amide bonds. The van der Waals surface area contributed by atoms with Crippen molar-refractivity contribution in [3.8, 4) is 0 Å². The predicted molar refractivity (Wildman–Crippen MR) is 78.2 cm³/mol. The molecule has 1 aromatic rings. The summed E-state index contributed by atoms with van der Waals surface area (Å²) in [4.78, 5) is 30.1. The highest BCUT2D eigenvalue weighted by Crippen LogP contribution is 2.20. The zero-order chi connectivity index (χ0) is 14.9. The van der Waals surface area contributed by atoms with Crippen LogP contribution in [0.15, 0.2) is 18.3 Å². The zero-order valence-corrected chi connectivity index (χ0v) is 12.2. The molecule has 0 unspecified atom stereocenters. The van der Waals surface area contributed by atoms with E-state index in [1.54, 1.807) is 26.0 Å². The van der Waals surface area contributed by atoms with Gasteiger partial charge in [0.2, 0.25) is 5.91 Å². The smallest absolute Gasteiger partial charge is 0.273 e. The van der Waals surface area contributed by atoms with Gasteiger partial charge >= 0.3 is 0 Å². The van der Waals surface area contributed by atoms with Crippen molar-refractivity contribution >= 4 is 29.0 Å². The second kappa shape index (κ2) is 5.16. The topological polar surface area (TPSA) is 88.3 Å². The summed E-state index contributed by atoms with van der Waals surface area (Å²) in [6.45, 7) is 4.32. The number of pyridine rings is 1. The fourth-order valence-corrected chi connectivity index (χ4v) is 2.18. The number of nitrogens with zero attached hydrogens (tertiary/aromatic N) is 2. The SMILES string of the molecule is CC1(C)C(=O)NCCN1C(=O)c1ccc(C(N)=S)cn1. The zero-order valence-electron chi connectivity index (χ0n) is 11.3. The number of amides is 2. The van der Waals surface area contributed by atoms with Crippen molar-refractivity contribution in [2.24, 2.45) is 5.73 Å². The van der Waals surface area contributed by atoms with Crippen molar-refractivity contribution in [1.29, 1.82) is 0 Å². The summed E-state index contributed by atoms with van der Waals surface area (Å²) in [7, 11) is 0. The quantitative estimate of drug-likeness (QED) is 0.753. The van der Waals surface area contributed by atoms with Crippen molar-refractivity contribution in [3.63, 3.8) is 0 Å². The molecule has 7 heteroatoms. The average Bonchev–Trinajstić information content (AvgIpc) is 2.41. The third kappa shape index (κ3) is 2.49. The second-order valence-corrected chi connectivity index (χ2v) is 5.51. The van der Waals surface area contributed by atoms with E-state index < -0.39 is 5.54 Å². The molecule has 2 rings (SSSR count). The van der Waals surface area contributed by atoms with Crippen LogP contribution in [-0.2, 0) is 4.79 Å². The molecular formula is C13H16N4O2S. The average molecular weight is 292 g/mol. The van der Waals surface area contributed by atoms with Crippen LogP contribution in [0.25, 0.3) is 0 Å². The minimum absolute atomic E-state index is 0.170. The minimum atomic E-state index is -0.890. The number of nitrogens with one attached hydrogen (secondary N) is 1. The van der Waals surface area contributed by atoms with Gasteiger partial charge in [0.15, 0.2) is 0 Å². The molecule has 3 N–H and O–H groups in total. The van der Waals surface area contributed by atoms with E-state index in [-0.39, 0.29) is 22.5 Å². The monoisotopic (exact) mass is 292 g/mol. The van der Waals surface area contributed by atoms with Crippen LogP contribution in [0.3, 0.4) is 0 Å². The maximum atomic E-state index is 12.5. The molecule has 1 aliphatic heterocycles. The van der Waals surface area contributed by atoms with Crippen LogP contribution in [-0.4, -0.2) is 45.3 Å². The van der Waals surface area contributed by atoms with Crippen LogP contribution in [0.5, 0.6) is 0 Å². The lowest BCUT2D eigenvalue weighted by Gasteiger charge is -2.40. The third-order valence-corrected chi connectivity index (χ3v) is 3.60. The van der Waals surface area contributed by atoms with Gasteiger partial charge in [-0.3, -0.25) is 14.6 Å². The molecule has 0 aliphatic carbocycles. The molecule has 1 aromatic heterocycles. The molecule has 0 aromatic carbocycles. The van der Waals surface area contributed by atoms with Crippen LogP contribution >= 0.6 is 12.2 Å². The Bertz CT molecular complexity index is 568. The van der Waals surface area contributed by atoms with Gasteiger partial charge in [0, 0.05) is 24.8 Å². The molecule has 0 spiro atoms. The molecular weight excluding hydrogens is 276 g/mol. The van der Waals surface area contributed by atoms with E-state index in [1.165, 1.54) is 11.1 Å². The maximum absolute atomic E-state index is 12.5. The first-order chi connectivity index (χ1) is 9.34. The largest absolute Gasteiger partial charge is 0.389 e. The Morgan fingerprint density at radius 3 is 2.75 bits per heavy atom. The molecule has 6 nitrogen and oxygen atoms in total. The standard InChI is InChI=1S/C13H16N4O2S/c1-13(2)12(19)15-5-6-17(13)11(18)9-4-3-8(7-16-9)10(14)20/h3-4,7H,5-6H2,1-2H3,(H2,14,20)(H,15,19). The Balaban J connectivity index is 2.26. The van der Waals surface area contributed by atoms with Crippen LogP contribution in [0, 0.1) is 0 Å². The van der Waals surface area contributed by atoms with Gasteiger partial charge in [-0.15, -0.1) is 0 Å². The molecule has 106 valence electrons. The lowest BCUT2D eigenvalue weighted by molar-refractivity contribution is -0.133. The first-order valence-corrected chi connectivity index (χ1v) is 6.61. The number of carbonyl (C=O) groups excluding carboxylic acids is 2. The molecule has 1 aliphatic rings. The molecule has 1 saturated heterocycles. The number of carbonyl (C=O) groups is 2. The highest BCUT2D eigenvalue weighted by atomic mass is 32.1. The predicted octanol–water partition coefficient (Wildman–Crippen LogP) is 0.0664. The van der Waals surface area contributed by atoms with E-state index in [1.807, 2.05) is 0 Å². The molecule has 0 saturated carbocycles. The second-order valence-electron chi connectivity index (χ2n) is 5.07. The van der Waals surface area contributed by atoms with Crippen LogP contribution in [0.4, 0.5) is 0 Å². The van der Waals surface area contributed by atoms with E-state index in [0.717, 1.165) is 0 Å². The Hall–Kier alpha value is -2.02. The first kappa shape index (κ1) is 14.4. The minimum Gasteiger partial charge on any atom is -0.389 e. The summed E-state index contributed by atoms with van der Waals surface area (Å²) in [5.41, 5.74) is 5.47. The van der Waals surface area contributed by atoms with E-state index in [2.05, 4.69) is 10.3 Å². The number of thiocarbonyl (C=S) groups is 1. The third-order valence-electron chi connectivity index (χ3n) is 3.36. The van der Waals surface area contributed by atoms with Gasteiger partial charge in [-0.1, -0.05) is 12.2 Å². The Labute approximate surface area is 122 Å². The summed E-state index contributed by atoms with van der Waals surface area (Å²) in [5, 5.41) is 2.75. The summed E-state index contributed by atoms with van der Waals surface area (Å²) in [6.07, 6.45) is 1.46. The number of aromatic nitrogens is 1. The Morgan fingerprint density at radius 1 is 1.50 bits per heavy atom. The van der Waals surface area contributed by atoms with Crippen LogP contribution in [0.1, 0.15) is 29.9 Å². The molecule has 20 heavy (non-hydrogen) atoms. The van der Waals surface area contributed by atoms with E-state index in [9.17, 15) is 9.59 Å². The highest BCUT2D eigenvalue weighted by Gasteiger charge is 2.40. The van der Waals surface area contributed by atoms with Crippen molar-refractivity contribution in [2.75, 3.05) is 13.1 Å². The highest BCUT2D eigenvalue weighted by molar-refractivity contribution is 7.80. The molecule has 0 atom stereocenters. The Kier molecular flexibility index (Phi) is 3.71. The first-order valence-electron chi connectivity index (χ1n) is 6.20. The molecule has 2 heterocycles. The molecule has 1 fully saturated rings. The van der Waals surface area contributed by atoms with E-state index in [0.29, 0.717) is 18.7 Å². The summed E-state index contributed by atoms with van der Waals surface area (Å²) in [5.74, 6) is -0.448. The maximum Gasteiger partial charge on any atom is 0.273 e. The Morgan fingerprint density at radius 2 is 2.20 bits per heavy atom. The van der Waals surface area contributed by atoms with E-state index >= 15 is 0 Å². The number of hydrogen-bond donors (Lipinski definition) is 2. The summed E-state index contributed by atoms with van der Waals surface area (Å²) in [6, 6.07) is 3.22. The van der Waals surface area contributed by atoms with Gasteiger partial charge in [0.25, 0.3) is 5.91 Å². The lowest BCUT2D eigenvalue weighted by atomic mass is 9.98. The lowest BCUT2D eigenvalue weighted by Crippen LogP contribution is -2.63. The van der Waals surface area contributed by atoms with Gasteiger partial charge < -0.3 is 16.0 Å². The molecule has 0 bridgehead atoms. The van der Waals surface area contributed by atoms with Gasteiger partial charge in [-0.2, -0.15) is 0 Å². The normalized spacial score (nSPS) is 17.5. The van der Waals surface area contributed by atoms with Crippen molar-refractivity contribution in [1.82, 2.24) is 15.2 Å². The van der Waals surface area contributed by atoms with Crippen molar-refractivity contribution < 1.29 is 9.59 Å².